The lowest BCUT2D eigenvalue weighted by Crippen LogP contribution is -2.43. The molecule has 0 fully saturated rings. The number of anilines is 1. The molecule has 0 aliphatic heterocycles. The van der Waals surface area contributed by atoms with Crippen molar-refractivity contribution in [2.24, 2.45) is 5.92 Å². The van der Waals surface area contributed by atoms with Gasteiger partial charge in [-0.15, -0.1) is 0 Å². The van der Waals surface area contributed by atoms with Crippen LogP contribution < -0.4 is 15.4 Å². The minimum absolute atomic E-state index is 0.0691. The summed E-state index contributed by atoms with van der Waals surface area (Å²) in [6.07, 6.45) is 7.63. The molecular formula is C28H30N4O3. The van der Waals surface area contributed by atoms with E-state index < -0.39 is 0 Å². The maximum Gasteiger partial charge on any atom is 0.252 e. The highest BCUT2D eigenvalue weighted by atomic mass is 16.5. The Bertz CT molecular complexity index is 1240. The Morgan fingerprint density at radius 3 is 2.54 bits per heavy atom. The first-order chi connectivity index (χ1) is 17.0. The number of aromatic nitrogens is 2. The highest BCUT2D eigenvalue weighted by molar-refractivity contribution is 6.05. The van der Waals surface area contributed by atoms with Crippen molar-refractivity contribution in [2.75, 3.05) is 12.4 Å². The number of aryl methyl sites for hydroxylation is 1. The van der Waals surface area contributed by atoms with E-state index in [1.54, 1.807) is 31.6 Å². The maximum atomic E-state index is 13.4. The van der Waals surface area contributed by atoms with E-state index in [0.29, 0.717) is 40.4 Å². The molecule has 3 aromatic rings. The van der Waals surface area contributed by atoms with Crippen LogP contribution in [0.25, 0.3) is 11.4 Å². The molecule has 1 unspecified atom stereocenters. The number of nitrogens with one attached hydrogen (secondary N) is 2. The molecule has 1 aromatic heterocycles. The standard InChI is InChI=1S/C28H30N4O3/c1-4-8-23(19-16-20(17-19)27(33)32-24-9-5-6-10-25(24)35-3)31-28(34)22-15-18(2)11-12-21(22)26-29-13-7-14-30-26/h5-7,9-16,19,23H,4,8,17H2,1-3H3,(H,31,34)(H,32,33)/t19?,23-/m1/s1. The number of carbonyl (C=O) groups is 2. The van der Waals surface area contributed by atoms with E-state index in [0.717, 1.165) is 18.4 Å². The number of amides is 2. The zero-order chi connectivity index (χ0) is 24.8. The summed E-state index contributed by atoms with van der Waals surface area (Å²) in [5.74, 6) is 0.927. The number of rotatable bonds is 9. The molecule has 2 amide bonds. The molecule has 0 radical (unpaired) electrons. The Morgan fingerprint density at radius 1 is 1.09 bits per heavy atom. The molecule has 1 aliphatic rings. The number of methoxy groups -OCH3 is 1. The fourth-order valence-electron chi connectivity index (χ4n) is 4.29. The van der Waals surface area contributed by atoms with Crippen molar-refractivity contribution in [3.63, 3.8) is 0 Å². The maximum absolute atomic E-state index is 13.4. The van der Waals surface area contributed by atoms with Crippen molar-refractivity contribution in [3.05, 3.63) is 83.7 Å². The number of ether oxygens (including phenoxy) is 1. The van der Waals surface area contributed by atoms with Gasteiger partial charge in [-0.25, -0.2) is 9.97 Å². The van der Waals surface area contributed by atoms with Gasteiger partial charge >= 0.3 is 0 Å². The normalized spacial score (nSPS) is 15.4. The lowest BCUT2D eigenvalue weighted by atomic mass is 9.79. The predicted molar refractivity (Wildman–Crippen MR) is 136 cm³/mol. The lowest BCUT2D eigenvalue weighted by molar-refractivity contribution is -0.113. The van der Waals surface area contributed by atoms with E-state index in [-0.39, 0.29) is 23.8 Å². The minimum Gasteiger partial charge on any atom is -0.495 e. The van der Waals surface area contributed by atoms with E-state index in [1.807, 2.05) is 49.4 Å². The van der Waals surface area contributed by atoms with Gasteiger partial charge in [-0.3, -0.25) is 9.59 Å². The summed E-state index contributed by atoms with van der Waals surface area (Å²) in [6.45, 7) is 4.05. The monoisotopic (exact) mass is 470 g/mol. The molecule has 2 aromatic carbocycles. The quantitative estimate of drug-likeness (QED) is 0.462. The van der Waals surface area contributed by atoms with Crippen molar-refractivity contribution >= 4 is 17.5 Å². The number of benzene rings is 2. The molecule has 0 spiro atoms. The molecule has 2 atom stereocenters. The van der Waals surface area contributed by atoms with Gasteiger partial charge < -0.3 is 15.4 Å². The summed E-state index contributed by atoms with van der Waals surface area (Å²) in [5.41, 5.74) is 3.59. The molecule has 35 heavy (non-hydrogen) atoms. The minimum atomic E-state index is -0.157. The highest BCUT2D eigenvalue weighted by Gasteiger charge is 2.32. The molecule has 4 rings (SSSR count). The van der Waals surface area contributed by atoms with Crippen molar-refractivity contribution in [3.8, 4) is 17.1 Å². The van der Waals surface area contributed by atoms with Gasteiger partial charge in [0.2, 0.25) is 0 Å². The lowest BCUT2D eigenvalue weighted by Gasteiger charge is -2.33. The van der Waals surface area contributed by atoms with Gasteiger partial charge in [0.25, 0.3) is 11.8 Å². The summed E-state index contributed by atoms with van der Waals surface area (Å²) in [7, 11) is 1.57. The average molecular weight is 471 g/mol. The summed E-state index contributed by atoms with van der Waals surface area (Å²) in [4.78, 5) is 34.7. The highest BCUT2D eigenvalue weighted by Crippen LogP contribution is 2.33. The second kappa shape index (κ2) is 11.0. The molecule has 0 bridgehead atoms. The average Bonchev–Trinajstić information content (AvgIpc) is 2.84. The van der Waals surface area contributed by atoms with E-state index in [4.69, 9.17) is 4.74 Å². The van der Waals surface area contributed by atoms with Gasteiger partial charge in [-0.1, -0.05) is 49.2 Å². The molecule has 1 heterocycles. The molecule has 0 saturated heterocycles. The zero-order valence-corrected chi connectivity index (χ0v) is 20.2. The molecular weight excluding hydrogens is 440 g/mol. The molecule has 1 aliphatic carbocycles. The van der Waals surface area contributed by atoms with Gasteiger partial charge in [-0.05, 0) is 44.0 Å². The second-order valence-electron chi connectivity index (χ2n) is 8.70. The number of para-hydroxylation sites is 2. The molecule has 180 valence electrons. The van der Waals surface area contributed by atoms with Crippen LogP contribution in [0.1, 0.15) is 42.1 Å². The van der Waals surface area contributed by atoms with Crippen molar-refractivity contribution < 1.29 is 14.3 Å². The molecule has 7 nitrogen and oxygen atoms in total. The van der Waals surface area contributed by atoms with Crippen molar-refractivity contribution in [2.45, 2.75) is 39.2 Å². The van der Waals surface area contributed by atoms with Crippen molar-refractivity contribution in [1.82, 2.24) is 15.3 Å². The third-order valence-electron chi connectivity index (χ3n) is 6.18. The Labute approximate surface area is 205 Å². The first kappa shape index (κ1) is 24.1. The smallest absolute Gasteiger partial charge is 0.252 e. The van der Waals surface area contributed by atoms with Gasteiger partial charge in [0.05, 0.1) is 18.4 Å². The Balaban J connectivity index is 1.48. The van der Waals surface area contributed by atoms with Crippen LogP contribution in [-0.4, -0.2) is 34.9 Å². The predicted octanol–water partition coefficient (Wildman–Crippen LogP) is 4.94. The number of hydrogen-bond acceptors (Lipinski definition) is 5. The van der Waals surface area contributed by atoms with Crippen LogP contribution >= 0.6 is 0 Å². The van der Waals surface area contributed by atoms with Gasteiger partial charge in [0, 0.05) is 35.5 Å². The number of carbonyl (C=O) groups excluding carboxylic acids is 2. The fourth-order valence-corrected chi connectivity index (χ4v) is 4.29. The van der Waals surface area contributed by atoms with Crippen LogP contribution in [-0.2, 0) is 4.79 Å². The van der Waals surface area contributed by atoms with E-state index >= 15 is 0 Å². The van der Waals surface area contributed by atoms with Gasteiger partial charge in [0.15, 0.2) is 5.82 Å². The summed E-state index contributed by atoms with van der Waals surface area (Å²) < 4.78 is 5.31. The third kappa shape index (κ3) is 5.57. The Hall–Kier alpha value is -4.00. The van der Waals surface area contributed by atoms with Gasteiger partial charge in [0.1, 0.15) is 5.75 Å². The number of nitrogens with zero attached hydrogens (tertiary/aromatic N) is 2. The van der Waals surface area contributed by atoms with Crippen LogP contribution in [0.2, 0.25) is 0 Å². The SMILES string of the molecule is CCC[C@@H](NC(=O)c1cc(C)ccc1-c1ncccn1)C1C=C(C(=O)Nc2ccccc2OC)C1. The summed E-state index contributed by atoms with van der Waals surface area (Å²) >= 11 is 0. The Kier molecular flexibility index (Phi) is 7.55. The van der Waals surface area contributed by atoms with Gasteiger partial charge in [-0.2, -0.15) is 0 Å². The van der Waals surface area contributed by atoms with Crippen LogP contribution in [0.5, 0.6) is 5.75 Å². The first-order valence-corrected chi connectivity index (χ1v) is 11.8. The zero-order valence-electron chi connectivity index (χ0n) is 20.2. The fraction of sp³-hybridized carbons (Fsp3) is 0.286. The second-order valence-corrected chi connectivity index (χ2v) is 8.70. The van der Waals surface area contributed by atoms with Crippen LogP contribution in [0.4, 0.5) is 5.69 Å². The summed E-state index contributed by atoms with van der Waals surface area (Å²) in [5, 5.41) is 6.13. The van der Waals surface area contributed by atoms with E-state index in [9.17, 15) is 9.59 Å². The molecule has 7 heteroatoms. The number of hydrogen-bond donors (Lipinski definition) is 2. The third-order valence-corrected chi connectivity index (χ3v) is 6.18. The largest absolute Gasteiger partial charge is 0.495 e. The Morgan fingerprint density at radius 2 is 1.83 bits per heavy atom. The van der Waals surface area contributed by atoms with Crippen LogP contribution in [0.3, 0.4) is 0 Å². The van der Waals surface area contributed by atoms with E-state index in [1.165, 1.54) is 0 Å². The summed E-state index contributed by atoms with van der Waals surface area (Å²) in [6, 6.07) is 14.7. The molecule has 0 saturated carbocycles. The first-order valence-electron chi connectivity index (χ1n) is 11.8. The van der Waals surface area contributed by atoms with Crippen LogP contribution in [0, 0.1) is 12.8 Å². The van der Waals surface area contributed by atoms with Crippen LogP contribution in [0.15, 0.2) is 72.6 Å². The van der Waals surface area contributed by atoms with Crippen molar-refractivity contribution in [1.29, 1.82) is 0 Å². The van der Waals surface area contributed by atoms with E-state index in [2.05, 4.69) is 27.5 Å². The molecule has 2 N–H and O–H groups in total. The topological polar surface area (TPSA) is 93.2 Å².